The van der Waals surface area contributed by atoms with Crippen LogP contribution in [0, 0.1) is 11.8 Å². The fraction of sp³-hybridized carbons (Fsp3) is 0.240. The van der Waals surface area contributed by atoms with Gasteiger partial charge in [0.2, 0.25) is 0 Å². The van der Waals surface area contributed by atoms with Gasteiger partial charge >= 0.3 is 5.69 Å². The molecule has 1 saturated carbocycles. The smallest absolute Gasteiger partial charge is 0.311 e. The van der Waals surface area contributed by atoms with Gasteiger partial charge in [0.15, 0.2) is 5.78 Å². The Morgan fingerprint density at radius 3 is 2.16 bits per heavy atom. The van der Waals surface area contributed by atoms with Crippen LogP contribution in [-0.2, 0) is 11.2 Å². The van der Waals surface area contributed by atoms with E-state index in [1.54, 1.807) is 48.5 Å². The second kappa shape index (κ2) is 9.09. The van der Waals surface area contributed by atoms with E-state index in [4.69, 9.17) is 0 Å². The number of Topliss-reactive ketones (excluding diaryl/α,β-unsaturated/α-hetero) is 2. The summed E-state index contributed by atoms with van der Waals surface area (Å²) in [5.74, 6) is -2.23. The first-order valence-electron chi connectivity index (χ1n) is 10.5. The van der Waals surface area contributed by atoms with Crippen LogP contribution in [0.3, 0.4) is 0 Å². The zero-order valence-corrected chi connectivity index (χ0v) is 17.3. The minimum absolute atomic E-state index is 0.120. The third kappa shape index (κ3) is 4.27. The van der Waals surface area contributed by atoms with Crippen LogP contribution in [-0.4, -0.2) is 27.0 Å². The highest BCUT2D eigenvalue weighted by Crippen LogP contribution is 2.32. The highest BCUT2D eigenvalue weighted by atomic mass is 16.2. The molecule has 0 bridgehead atoms. The fourth-order valence-electron chi connectivity index (χ4n) is 4.32. The van der Waals surface area contributed by atoms with E-state index in [1.807, 2.05) is 0 Å². The van der Waals surface area contributed by atoms with Gasteiger partial charge in [0.1, 0.15) is 5.78 Å². The lowest BCUT2D eigenvalue weighted by molar-refractivity contribution is -0.124. The van der Waals surface area contributed by atoms with Gasteiger partial charge in [0, 0.05) is 29.3 Å². The van der Waals surface area contributed by atoms with E-state index in [0.29, 0.717) is 35.1 Å². The second-order valence-corrected chi connectivity index (χ2v) is 7.98. The van der Waals surface area contributed by atoms with Crippen molar-refractivity contribution in [2.45, 2.75) is 25.7 Å². The molecule has 1 aliphatic carbocycles. The van der Waals surface area contributed by atoms with Crippen molar-refractivity contribution in [3.05, 3.63) is 104 Å². The van der Waals surface area contributed by atoms with Gasteiger partial charge in [0.05, 0.1) is 5.92 Å². The summed E-state index contributed by atoms with van der Waals surface area (Å²) in [6, 6.07) is 17.9. The van der Waals surface area contributed by atoms with Crippen molar-refractivity contribution in [1.29, 1.82) is 0 Å². The molecule has 7 heteroatoms. The van der Waals surface area contributed by atoms with Crippen LogP contribution in [0.2, 0.25) is 0 Å². The summed E-state index contributed by atoms with van der Waals surface area (Å²) in [4.78, 5) is 66.0. The third-order valence-corrected chi connectivity index (χ3v) is 5.85. The first-order valence-corrected chi connectivity index (χ1v) is 10.5. The molecule has 2 aromatic carbocycles. The molecule has 3 aromatic rings. The van der Waals surface area contributed by atoms with Crippen LogP contribution in [0.1, 0.15) is 45.7 Å². The summed E-state index contributed by atoms with van der Waals surface area (Å²) in [5, 5.41) is 0. The van der Waals surface area contributed by atoms with Crippen LogP contribution in [0.25, 0.3) is 0 Å². The number of rotatable bonds is 5. The van der Waals surface area contributed by atoms with Gasteiger partial charge in [-0.3, -0.25) is 19.2 Å². The second-order valence-electron chi connectivity index (χ2n) is 7.98. The number of benzene rings is 2. The van der Waals surface area contributed by atoms with Gasteiger partial charge in [-0.2, -0.15) is 4.57 Å². The summed E-state index contributed by atoms with van der Waals surface area (Å²) in [5.41, 5.74) is -0.586. The molecule has 162 valence electrons. The number of H-pyrrole nitrogens is 1. The van der Waals surface area contributed by atoms with Crippen molar-refractivity contribution in [3.63, 3.8) is 0 Å². The first kappa shape index (κ1) is 21.4. The average Bonchev–Trinajstić information content (AvgIpc) is 2.79. The van der Waals surface area contributed by atoms with Crippen LogP contribution < -0.4 is 11.2 Å². The van der Waals surface area contributed by atoms with Crippen molar-refractivity contribution in [1.82, 2.24) is 9.55 Å². The Morgan fingerprint density at radius 2 is 1.53 bits per heavy atom. The van der Waals surface area contributed by atoms with E-state index in [2.05, 4.69) is 4.98 Å². The Labute approximate surface area is 183 Å². The van der Waals surface area contributed by atoms with Crippen LogP contribution in [0.5, 0.6) is 0 Å². The summed E-state index contributed by atoms with van der Waals surface area (Å²) in [6.07, 6.45) is 1.81. The van der Waals surface area contributed by atoms with E-state index in [-0.39, 0.29) is 29.5 Å². The molecule has 0 saturated heterocycles. The molecule has 1 fully saturated rings. The maximum Gasteiger partial charge on any atom is 0.335 e. The number of aromatic nitrogens is 2. The van der Waals surface area contributed by atoms with Crippen molar-refractivity contribution >= 4 is 17.5 Å². The number of nitrogens with zero attached hydrogens (tertiary/aromatic N) is 1. The number of hydrogen-bond acceptors (Lipinski definition) is 5. The van der Waals surface area contributed by atoms with E-state index in [1.165, 1.54) is 18.2 Å². The Bertz CT molecular complexity index is 1240. The van der Waals surface area contributed by atoms with Gasteiger partial charge in [-0.05, 0) is 37.3 Å². The molecular formula is C25H22N2O5. The Hall–Kier alpha value is -3.87. The molecule has 1 aliphatic rings. The lowest BCUT2D eigenvalue weighted by Crippen LogP contribution is -2.41. The van der Waals surface area contributed by atoms with Gasteiger partial charge in [0.25, 0.3) is 11.5 Å². The quantitative estimate of drug-likeness (QED) is 0.495. The lowest BCUT2D eigenvalue weighted by atomic mass is 9.72. The number of ketones is 2. The van der Waals surface area contributed by atoms with E-state index in [9.17, 15) is 24.0 Å². The molecule has 1 heterocycles. The molecular weight excluding hydrogens is 408 g/mol. The highest BCUT2D eigenvalue weighted by molar-refractivity contribution is 6.11. The van der Waals surface area contributed by atoms with Crippen LogP contribution in [0.15, 0.2) is 76.3 Å². The molecule has 0 amide bonds. The molecule has 0 radical (unpaired) electrons. The largest absolute Gasteiger partial charge is 0.335 e. The van der Waals surface area contributed by atoms with Crippen LogP contribution in [0.4, 0.5) is 0 Å². The molecule has 0 aliphatic heterocycles. The average molecular weight is 430 g/mol. The predicted molar refractivity (Wildman–Crippen MR) is 118 cm³/mol. The maximum absolute atomic E-state index is 13.0. The van der Waals surface area contributed by atoms with Gasteiger partial charge < -0.3 is 4.98 Å². The van der Waals surface area contributed by atoms with E-state index in [0.717, 1.165) is 0 Å². The predicted octanol–water partition coefficient (Wildman–Crippen LogP) is 2.64. The molecule has 0 unspecified atom stereocenters. The topological polar surface area (TPSA) is 106 Å². The zero-order chi connectivity index (χ0) is 22.7. The van der Waals surface area contributed by atoms with Crippen LogP contribution >= 0.6 is 0 Å². The Balaban J connectivity index is 1.62. The molecule has 4 rings (SSSR count). The van der Waals surface area contributed by atoms with E-state index >= 15 is 0 Å². The van der Waals surface area contributed by atoms with Crippen molar-refractivity contribution in [2.24, 2.45) is 11.8 Å². The number of hydrogen-bond donors (Lipinski definition) is 1. The molecule has 32 heavy (non-hydrogen) atoms. The van der Waals surface area contributed by atoms with Gasteiger partial charge in [-0.1, -0.05) is 48.5 Å². The molecule has 1 N–H and O–H groups in total. The zero-order valence-electron chi connectivity index (χ0n) is 17.3. The summed E-state index contributed by atoms with van der Waals surface area (Å²) < 4.78 is 0.553. The van der Waals surface area contributed by atoms with Gasteiger partial charge in [-0.15, -0.1) is 0 Å². The lowest BCUT2D eigenvalue weighted by Gasteiger charge is -2.29. The number of nitrogens with one attached hydrogen (secondary N) is 1. The SMILES string of the molecule is O=C1CCC[C@H](Cc2cc(=O)n(C(=O)c3ccccc3)c(=O)[nH]2)[C@@H]1C(=O)c1ccccc1. The molecule has 7 nitrogen and oxygen atoms in total. The Morgan fingerprint density at radius 1 is 0.906 bits per heavy atom. The molecule has 2 atom stereocenters. The number of carbonyl (C=O) groups excluding carboxylic acids is 3. The molecule has 0 spiro atoms. The fourth-order valence-corrected chi connectivity index (χ4v) is 4.32. The standard InChI is InChI=1S/C25H22N2O5/c28-20-13-7-12-18(22(20)23(30)16-8-3-1-4-9-16)14-19-15-21(29)27(25(32)26-19)24(31)17-10-5-2-6-11-17/h1-6,8-11,15,18,22H,7,12-14H2,(H,26,32)/t18-,22+/m1/s1. The third-order valence-electron chi connectivity index (χ3n) is 5.85. The first-order chi connectivity index (χ1) is 15.5. The van der Waals surface area contributed by atoms with Crippen molar-refractivity contribution in [3.8, 4) is 0 Å². The van der Waals surface area contributed by atoms with E-state index < -0.39 is 23.1 Å². The monoisotopic (exact) mass is 430 g/mol. The summed E-state index contributed by atoms with van der Waals surface area (Å²) in [7, 11) is 0. The van der Waals surface area contributed by atoms with Crippen molar-refractivity contribution in [2.75, 3.05) is 0 Å². The minimum Gasteiger partial charge on any atom is -0.311 e. The minimum atomic E-state index is -0.838. The summed E-state index contributed by atoms with van der Waals surface area (Å²) in [6.45, 7) is 0. The number of carbonyl (C=O) groups is 3. The van der Waals surface area contributed by atoms with Gasteiger partial charge in [-0.25, -0.2) is 4.79 Å². The molecule has 1 aromatic heterocycles. The summed E-state index contributed by atoms with van der Waals surface area (Å²) >= 11 is 0. The normalized spacial score (nSPS) is 18.3. The Kier molecular flexibility index (Phi) is 6.07. The highest BCUT2D eigenvalue weighted by Gasteiger charge is 2.37. The maximum atomic E-state index is 13.0. The van der Waals surface area contributed by atoms with Crippen molar-refractivity contribution < 1.29 is 14.4 Å². The number of aromatic amines is 1.